The van der Waals surface area contributed by atoms with Gasteiger partial charge in [-0.05, 0) is 33.1 Å². The normalized spacial score (nSPS) is 22.9. The summed E-state index contributed by atoms with van der Waals surface area (Å²) >= 11 is 1.92. The van der Waals surface area contributed by atoms with Crippen LogP contribution in [-0.2, 0) is 4.74 Å². The molecule has 0 amide bonds. The number of likely N-dealkylation sites (N-methyl/N-ethyl adjacent to an activating group) is 1. The van der Waals surface area contributed by atoms with Crippen LogP contribution in [0, 0.1) is 0 Å². The summed E-state index contributed by atoms with van der Waals surface area (Å²) < 4.78 is 5.57. The minimum atomic E-state index is 0.467. The van der Waals surface area contributed by atoms with E-state index in [-0.39, 0.29) is 0 Å². The lowest BCUT2D eigenvalue weighted by Gasteiger charge is -2.24. The Morgan fingerprint density at radius 1 is 1.56 bits per heavy atom. The first-order chi connectivity index (χ1) is 7.74. The van der Waals surface area contributed by atoms with Crippen molar-refractivity contribution in [3.8, 4) is 0 Å². The van der Waals surface area contributed by atoms with Crippen molar-refractivity contribution in [2.45, 2.75) is 31.9 Å². The molecule has 0 radical (unpaired) electrons. The highest BCUT2D eigenvalue weighted by Crippen LogP contribution is 2.10. The topological polar surface area (TPSA) is 24.5 Å². The van der Waals surface area contributed by atoms with Crippen LogP contribution < -0.4 is 5.32 Å². The number of hydrogen-bond donors (Lipinski definition) is 1. The fraction of sp³-hybridized carbons (Fsp3) is 1.00. The van der Waals surface area contributed by atoms with Crippen LogP contribution in [0.2, 0.25) is 0 Å². The maximum Gasteiger partial charge on any atom is 0.0700 e. The van der Waals surface area contributed by atoms with E-state index in [2.05, 4.69) is 30.4 Å². The van der Waals surface area contributed by atoms with E-state index < -0.39 is 0 Å². The molecule has 2 atom stereocenters. The first-order valence-corrected chi connectivity index (χ1v) is 7.65. The second-order valence-corrected chi connectivity index (χ2v) is 5.53. The zero-order chi connectivity index (χ0) is 11.8. The molecular formula is C12H26N2OS. The van der Waals surface area contributed by atoms with Gasteiger partial charge in [0.1, 0.15) is 0 Å². The Morgan fingerprint density at radius 3 is 3.00 bits per heavy atom. The van der Waals surface area contributed by atoms with Gasteiger partial charge in [0.2, 0.25) is 0 Å². The van der Waals surface area contributed by atoms with Crippen molar-refractivity contribution in [1.29, 1.82) is 0 Å². The molecule has 0 spiro atoms. The van der Waals surface area contributed by atoms with Gasteiger partial charge >= 0.3 is 0 Å². The molecule has 1 saturated heterocycles. The predicted octanol–water partition coefficient (Wildman–Crippen LogP) is 1.44. The first kappa shape index (κ1) is 14.3. The molecular weight excluding hydrogens is 220 g/mol. The lowest BCUT2D eigenvalue weighted by atomic mass is 10.2. The Balaban J connectivity index is 1.97. The Hall–Kier alpha value is 0.230. The molecule has 2 unspecified atom stereocenters. The lowest BCUT2D eigenvalue weighted by molar-refractivity contribution is 0.109. The smallest absolute Gasteiger partial charge is 0.0700 e. The molecule has 0 aromatic rings. The summed E-state index contributed by atoms with van der Waals surface area (Å²) in [4.78, 5) is 2.42. The van der Waals surface area contributed by atoms with Crippen LogP contribution >= 0.6 is 11.8 Å². The van der Waals surface area contributed by atoms with Gasteiger partial charge < -0.3 is 15.0 Å². The average molecular weight is 246 g/mol. The second kappa shape index (κ2) is 8.34. The van der Waals surface area contributed by atoms with Crippen molar-refractivity contribution < 1.29 is 4.74 Å². The minimum Gasteiger partial charge on any atom is -0.377 e. The third-order valence-corrected chi connectivity index (χ3v) is 4.01. The molecule has 1 N–H and O–H groups in total. The van der Waals surface area contributed by atoms with Gasteiger partial charge in [-0.2, -0.15) is 11.8 Å². The summed E-state index contributed by atoms with van der Waals surface area (Å²) in [6.07, 6.45) is 5.09. The summed E-state index contributed by atoms with van der Waals surface area (Å²) in [7, 11) is 2.20. The number of ether oxygens (including phenoxy) is 1. The number of hydrogen-bond acceptors (Lipinski definition) is 4. The highest BCUT2D eigenvalue weighted by molar-refractivity contribution is 7.98. The van der Waals surface area contributed by atoms with Gasteiger partial charge in [0.05, 0.1) is 6.10 Å². The van der Waals surface area contributed by atoms with E-state index in [1.807, 2.05) is 11.8 Å². The van der Waals surface area contributed by atoms with Crippen molar-refractivity contribution in [2.75, 3.05) is 45.3 Å². The van der Waals surface area contributed by atoms with Crippen molar-refractivity contribution in [2.24, 2.45) is 0 Å². The molecule has 0 aromatic carbocycles. The number of nitrogens with zero attached hydrogens (tertiary/aromatic N) is 1. The molecule has 0 bridgehead atoms. The molecule has 3 nitrogen and oxygen atoms in total. The minimum absolute atomic E-state index is 0.467. The Labute approximate surface area is 104 Å². The van der Waals surface area contributed by atoms with E-state index in [0.29, 0.717) is 12.1 Å². The molecule has 1 heterocycles. The van der Waals surface area contributed by atoms with Crippen LogP contribution in [0.1, 0.15) is 19.8 Å². The van der Waals surface area contributed by atoms with Gasteiger partial charge in [0, 0.05) is 38.0 Å². The summed E-state index contributed by atoms with van der Waals surface area (Å²) in [6.45, 7) is 6.45. The third-order valence-electron chi connectivity index (χ3n) is 3.20. The number of thioether (sulfide) groups is 1. The maximum atomic E-state index is 5.57. The molecule has 1 aliphatic heterocycles. The molecule has 1 rings (SSSR count). The largest absolute Gasteiger partial charge is 0.377 e. The van der Waals surface area contributed by atoms with Gasteiger partial charge in [-0.1, -0.05) is 0 Å². The lowest BCUT2D eigenvalue weighted by Crippen LogP contribution is -2.38. The van der Waals surface area contributed by atoms with E-state index in [1.165, 1.54) is 18.6 Å². The fourth-order valence-electron chi connectivity index (χ4n) is 1.91. The fourth-order valence-corrected chi connectivity index (χ4v) is 2.65. The molecule has 96 valence electrons. The van der Waals surface area contributed by atoms with Crippen molar-refractivity contribution in [1.82, 2.24) is 10.2 Å². The van der Waals surface area contributed by atoms with Crippen molar-refractivity contribution in [3.05, 3.63) is 0 Å². The van der Waals surface area contributed by atoms with Crippen molar-refractivity contribution in [3.63, 3.8) is 0 Å². The standard InChI is InChI=1S/C12H26N2OS/c1-11(10-16-3)14(2)7-6-13-9-12-5-4-8-15-12/h11-13H,4-10H2,1-3H3. The zero-order valence-electron chi connectivity index (χ0n) is 10.9. The average Bonchev–Trinajstić information content (AvgIpc) is 2.77. The van der Waals surface area contributed by atoms with Crippen LogP contribution in [0.25, 0.3) is 0 Å². The highest BCUT2D eigenvalue weighted by atomic mass is 32.2. The van der Waals surface area contributed by atoms with Gasteiger partial charge in [-0.25, -0.2) is 0 Å². The zero-order valence-corrected chi connectivity index (χ0v) is 11.7. The van der Waals surface area contributed by atoms with E-state index in [0.717, 1.165) is 26.2 Å². The van der Waals surface area contributed by atoms with Gasteiger partial charge in [0.15, 0.2) is 0 Å². The van der Waals surface area contributed by atoms with E-state index in [9.17, 15) is 0 Å². The third kappa shape index (κ3) is 5.53. The van der Waals surface area contributed by atoms with Gasteiger partial charge in [-0.15, -0.1) is 0 Å². The van der Waals surface area contributed by atoms with Gasteiger partial charge in [-0.3, -0.25) is 0 Å². The van der Waals surface area contributed by atoms with Crippen LogP contribution in [-0.4, -0.2) is 62.3 Å². The Bertz CT molecular complexity index is 174. The maximum absolute atomic E-state index is 5.57. The SMILES string of the molecule is CSCC(C)N(C)CCNCC1CCCO1. The Morgan fingerprint density at radius 2 is 2.38 bits per heavy atom. The van der Waals surface area contributed by atoms with Gasteiger partial charge in [0.25, 0.3) is 0 Å². The first-order valence-electron chi connectivity index (χ1n) is 6.25. The molecule has 1 aliphatic rings. The molecule has 0 aliphatic carbocycles. The van der Waals surface area contributed by atoms with E-state index in [4.69, 9.17) is 4.74 Å². The number of nitrogens with one attached hydrogen (secondary N) is 1. The Kier molecular flexibility index (Phi) is 7.45. The predicted molar refractivity (Wildman–Crippen MR) is 72.3 cm³/mol. The highest BCUT2D eigenvalue weighted by Gasteiger charge is 2.14. The number of rotatable bonds is 8. The molecule has 1 fully saturated rings. The van der Waals surface area contributed by atoms with E-state index >= 15 is 0 Å². The second-order valence-electron chi connectivity index (χ2n) is 4.62. The molecule has 16 heavy (non-hydrogen) atoms. The van der Waals surface area contributed by atoms with Crippen LogP contribution in [0.5, 0.6) is 0 Å². The summed E-state index contributed by atoms with van der Waals surface area (Å²) in [5, 5.41) is 3.48. The van der Waals surface area contributed by atoms with Crippen LogP contribution in [0.4, 0.5) is 0 Å². The molecule has 0 saturated carbocycles. The van der Waals surface area contributed by atoms with Crippen LogP contribution in [0.15, 0.2) is 0 Å². The monoisotopic (exact) mass is 246 g/mol. The quantitative estimate of drug-likeness (QED) is 0.655. The molecule has 4 heteroatoms. The summed E-state index contributed by atoms with van der Waals surface area (Å²) in [6, 6.07) is 0.666. The summed E-state index contributed by atoms with van der Waals surface area (Å²) in [5.74, 6) is 1.21. The molecule has 0 aromatic heterocycles. The van der Waals surface area contributed by atoms with E-state index in [1.54, 1.807) is 0 Å². The van der Waals surface area contributed by atoms with Crippen LogP contribution in [0.3, 0.4) is 0 Å². The summed E-state index contributed by atoms with van der Waals surface area (Å²) in [5.41, 5.74) is 0. The van der Waals surface area contributed by atoms with Crippen molar-refractivity contribution >= 4 is 11.8 Å².